The number of hydrogen-bond acceptors (Lipinski definition) is 4. The second kappa shape index (κ2) is 9.70. The van der Waals surface area contributed by atoms with Gasteiger partial charge >= 0.3 is 0 Å². The highest BCUT2D eigenvalue weighted by atomic mass is 127. The molecule has 1 heterocycles. The number of hydrogen-bond donors (Lipinski definition) is 2. The lowest BCUT2D eigenvalue weighted by Gasteiger charge is -2.07. The van der Waals surface area contributed by atoms with Crippen molar-refractivity contribution in [3.8, 4) is 11.4 Å². The molecule has 0 aliphatic heterocycles. The van der Waals surface area contributed by atoms with Crippen molar-refractivity contribution in [2.75, 3.05) is 11.9 Å². The summed E-state index contributed by atoms with van der Waals surface area (Å²) in [5, 5.41) is 7.68. The van der Waals surface area contributed by atoms with Crippen molar-refractivity contribution in [1.29, 1.82) is 0 Å². The van der Waals surface area contributed by atoms with Gasteiger partial charge in [-0.25, -0.2) is 0 Å². The third-order valence-corrected chi connectivity index (χ3v) is 4.17. The highest BCUT2D eigenvalue weighted by Gasteiger charge is 2.08. The summed E-state index contributed by atoms with van der Waals surface area (Å²) in [5.41, 5.74) is 10.1. The number of aryl methyl sites for hydroxylation is 2. The zero-order valence-electron chi connectivity index (χ0n) is 15.1. The van der Waals surface area contributed by atoms with Crippen LogP contribution in [0.15, 0.2) is 52.0 Å². The van der Waals surface area contributed by atoms with Crippen LogP contribution in [0.1, 0.15) is 17.0 Å². The van der Waals surface area contributed by atoms with Crippen LogP contribution in [0, 0.1) is 13.8 Å². The number of rotatable bonds is 5. The van der Waals surface area contributed by atoms with Crippen molar-refractivity contribution in [2.45, 2.75) is 20.3 Å². The Hall–Kier alpha value is -2.13. The zero-order chi connectivity index (χ0) is 18.5. The SMILES string of the molecule is Cc1ccc(NC(N)=NCCc2nc(-c3cccc(Cl)c3)no2)cc1C.I. The van der Waals surface area contributed by atoms with E-state index in [2.05, 4.69) is 34.3 Å². The molecule has 0 spiro atoms. The summed E-state index contributed by atoms with van der Waals surface area (Å²) >= 11 is 5.98. The van der Waals surface area contributed by atoms with E-state index in [1.165, 1.54) is 11.1 Å². The molecule has 0 unspecified atom stereocenters. The maximum Gasteiger partial charge on any atom is 0.228 e. The lowest BCUT2D eigenvalue weighted by atomic mass is 10.1. The number of aromatic nitrogens is 2. The van der Waals surface area contributed by atoms with Crippen molar-refractivity contribution < 1.29 is 4.52 Å². The monoisotopic (exact) mass is 497 g/mol. The largest absolute Gasteiger partial charge is 0.370 e. The minimum atomic E-state index is 0. The summed E-state index contributed by atoms with van der Waals surface area (Å²) in [4.78, 5) is 8.65. The lowest BCUT2D eigenvalue weighted by Crippen LogP contribution is -2.23. The molecule has 0 saturated heterocycles. The van der Waals surface area contributed by atoms with Crippen molar-refractivity contribution in [3.05, 3.63) is 64.5 Å². The number of nitrogens with two attached hydrogens (primary N) is 1. The first-order valence-electron chi connectivity index (χ1n) is 8.24. The van der Waals surface area contributed by atoms with Crippen LogP contribution in [0.3, 0.4) is 0 Å². The normalized spacial score (nSPS) is 11.1. The highest BCUT2D eigenvalue weighted by molar-refractivity contribution is 14.0. The maximum absolute atomic E-state index is 5.98. The molecule has 0 aliphatic rings. The van der Waals surface area contributed by atoms with Crippen molar-refractivity contribution >= 4 is 47.2 Å². The first-order valence-corrected chi connectivity index (χ1v) is 8.62. The van der Waals surface area contributed by atoms with Gasteiger partial charge in [-0.1, -0.05) is 35.0 Å². The molecule has 3 rings (SSSR count). The highest BCUT2D eigenvalue weighted by Crippen LogP contribution is 2.20. The molecule has 8 heteroatoms. The molecule has 2 aromatic carbocycles. The number of halogens is 2. The third kappa shape index (κ3) is 5.93. The van der Waals surface area contributed by atoms with E-state index in [0.717, 1.165) is 11.3 Å². The Morgan fingerprint density at radius 3 is 2.74 bits per heavy atom. The fourth-order valence-electron chi connectivity index (χ4n) is 2.38. The topological polar surface area (TPSA) is 89.3 Å². The molecule has 27 heavy (non-hydrogen) atoms. The number of guanidine groups is 1. The molecule has 142 valence electrons. The number of nitrogens with one attached hydrogen (secondary N) is 1. The van der Waals surface area contributed by atoms with Crippen molar-refractivity contribution in [3.63, 3.8) is 0 Å². The van der Waals surface area contributed by atoms with Crippen LogP contribution >= 0.6 is 35.6 Å². The Kier molecular flexibility index (Phi) is 7.61. The summed E-state index contributed by atoms with van der Waals surface area (Å²) < 4.78 is 5.25. The van der Waals surface area contributed by atoms with Gasteiger partial charge in [-0.05, 0) is 49.2 Å². The van der Waals surface area contributed by atoms with E-state index in [4.69, 9.17) is 21.9 Å². The van der Waals surface area contributed by atoms with Gasteiger partial charge in [0, 0.05) is 22.7 Å². The second-order valence-electron chi connectivity index (χ2n) is 5.96. The summed E-state index contributed by atoms with van der Waals surface area (Å²) in [6.45, 7) is 4.57. The number of aliphatic imine (C=N–C) groups is 1. The summed E-state index contributed by atoms with van der Waals surface area (Å²) in [7, 11) is 0. The molecule has 0 atom stereocenters. The fraction of sp³-hybridized carbons (Fsp3) is 0.211. The van der Waals surface area contributed by atoms with Gasteiger partial charge in [0.2, 0.25) is 11.7 Å². The van der Waals surface area contributed by atoms with E-state index >= 15 is 0 Å². The molecular weight excluding hydrogens is 477 g/mol. The van der Waals surface area contributed by atoms with Crippen LogP contribution in [0.4, 0.5) is 5.69 Å². The minimum Gasteiger partial charge on any atom is -0.370 e. The average molecular weight is 498 g/mol. The molecule has 3 N–H and O–H groups in total. The van der Waals surface area contributed by atoms with Crippen molar-refractivity contribution in [2.24, 2.45) is 10.7 Å². The van der Waals surface area contributed by atoms with Crippen LogP contribution in [0.25, 0.3) is 11.4 Å². The Morgan fingerprint density at radius 1 is 1.19 bits per heavy atom. The molecule has 0 fully saturated rings. The second-order valence-corrected chi connectivity index (χ2v) is 6.40. The molecular formula is C19H21ClIN5O. The predicted molar refractivity (Wildman–Crippen MR) is 120 cm³/mol. The maximum atomic E-state index is 5.98. The first-order chi connectivity index (χ1) is 12.5. The van der Waals surface area contributed by atoms with Gasteiger partial charge in [0.15, 0.2) is 5.96 Å². The third-order valence-electron chi connectivity index (χ3n) is 3.94. The number of nitrogens with zero attached hydrogens (tertiary/aromatic N) is 3. The van der Waals surface area contributed by atoms with E-state index in [1.54, 1.807) is 12.1 Å². The molecule has 6 nitrogen and oxygen atoms in total. The van der Waals surface area contributed by atoms with E-state index in [-0.39, 0.29) is 24.0 Å². The fourth-order valence-corrected chi connectivity index (χ4v) is 2.57. The van der Waals surface area contributed by atoms with Crippen LogP contribution < -0.4 is 11.1 Å². The molecule has 1 aromatic heterocycles. The van der Waals surface area contributed by atoms with Crippen LogP contribution in [-0.4, -0.2) is 22.6 Å². The standard InChI is InChI=1S/C19H20ClN5O.HI/c1-12-6-7-16(10-13(12)2)23-19(21)22-9-8-17-24-18(25-26-17)14-4-3-5-15(20)11-14;/h3-7,10-11H,8-9H2,1-2H3,(H3,21,22,23);1H. The lowest BCUT2D eigenvalue weighted by molar-refractivity contribution is 0.380. The van der Waals surface area contributed by atoms with Gasteiger partial charge in [-0.15, -0.1) is 24.0 Å². The van der Waals surface area contributed by atoms with E-state index in [9.17, 15) is 0 Å². The first kappa shape index (κ1) is 21.2. The zero-order valence-corrected chi connectivity index (χ0v) is 18.2. The molecule has 0 radical (unpaired) electrons. The van der Waals surface area contributed by atoms with Gasteiger partial charge in [0.1, 0.15) is 0 Å². The summed E-state index contributed by atoms with van der Waals surface area (Å²) in [6.07, 6.45) is 0.503. The molecule has 0 amide bonds. The predicted octanol–water partition coefficient (Wildman–Crippen LogP) is 4.59. The minimum absolute atomic E-state index is 0. The van der Waals surface area contributed by atoms with E-state index < -0.39 is 0 Å². The van der Waals surface area contributed by atoms with Crippen LogP contribution in [-0.2, 0) is 6.42 Å². The smallest absolute Gasteiger partial charge is 0.228 e. The van der Waals surface area contributed by atoms with Crippen LogP contribution in [0.5, 0.6) is 0 Å². The van der Waals surface area contributed by atoms with Gasteiger partial charge in [-0.3, -0.25) is 4.99 Å². The molecule has 0 aliphatic carbocycles. The average Bonchev–Trinajstić information content (AvgIpc) is 3.07. The number of benzene rings is 2. The Balaban J connectivity index is 0.00000261. The Bertz CT molecular complexity index is 941. The van der Waals surface area contributed by atoms with E-state index in [0.29, 0.717) is 35.7 Å². The number of anilines is 1. The quantitative estimate of drug-likeness (QED) is 0.306. The van der Waals surface area contributed by atoms with Gasteiger partial charge in [-0.2, -0.15) is 4.98 Å². The summed E-state index contributed by atoms with van der Waals surface area (Å²) in [5.74, 6) is 1.36. The Morgan fingerprint density at radius 2 is 2.00 bits per heavy atom. The summed E-state index contributed by atoms with van der Waals surface area (Å²) in [6, 6.07) is 13.4. The Labute approximate surface area is 180 Å². The van der Waals surface area contributed by atoms with Crippen LogP contribution in [0.2, 0.25) is 5.02 Å². The molecule has 0 bridgehead atoms. The van der Waals surface area contributed by atoms with Gasteiger partial charge < -0.3 is 15.6 Å². The molecule has 3 aromatic rings. The molecule has 0 saturated carbocycles. The van der Waals surface area contributed by atoms with Crippen molar-refractivity contribution in [1.82, 2.24) is 10.1 Å². The van der Waals surface area contributed by atoms with Gasteiger partial charge in [0.25, 0.3) is 0 Å². The van der Waals surface area contributed by atoms with Gasteiger partial charge in [0.05, 0.1) is 6.54 Å². The van der Waals surface area contributed by atoms with E-state index in [1.807, 2.05) is 30.3 Å².